The zero-order valence-corrected chi connectivity index (χ0v) is 12.9. The van der Waals surface area contributed by atoms with Crippen LogP contribution in [0.15, 0.2) is 36.2 Å². The van der Waals surface area contributed by atoms with Crippen molar-refractivity contribution in [2.24, 2.45) is 0 Å². The van der Waals surface area contributed by atoms with Gasteiger partial charge < -0.3 is 24.5 Å². The maximum Gasteiger partial charge on any atom is 0.350 e. The van der Waals surface area contributed by atoms with Gasteiger partial charge in [-0.3, -0.25) is 0 Å². The third-order valence-electron chi connectivity index (χ3n) is 3.37. The number of aromatic amines is 1. The molecule has 3 rings (SSSR count). The Morgan fingerprint density at radius 2 is 1.91 bits per heavy atom. The maximum atomic E-state index is 11.9. The van der Waals surface area contributed by atoms with Crippen LogP contribution in [0.5, 0.6) is 5.75 Å². The SMILES string of the molecule is COc1cc(NC=C2C(=O)OC(C)(C)OC2=O)c2cc[nH]c2c1. The lowest BCUT2D eigenvalue weighted by Crippen LogP contribution is -2.42. The number of methoxy groups -OCH3 is 1. The molecule has 1 aliphatic heterocycles. The predicted molar refractivity (Wildman–Crippen MR) is 82.8 cm³/mol. The van der Waals surface area contributed by atoms with Gasteiger partial charge in [0.1, 0.15) is 5.75 Å². The van der Waals surface area contributed by atoms with E-state index in [0.29, 0.717) is 11.4 Å². The number of esters is 2. The average molecular weight is 316 g/mol. The fraction of sp³-hybridized carbons (Fsp3) is 0.250. The molecule has 1 aromatic carbocycles. The van der Waals surface area contributed by atoms with E-state index in [1.165, 1.54) is 20.0 Å². The number of anilines is 1. The van der Waals surface area contributed by atoms with Crippen molar-refractivity contribution in [3.05, 3.63) is 36.2 Å². The Hall–Kier alpha value is -2.96. The number of hydrogen-bond donors (Lipinski definition) is 2. The fourth-order valence-electron chi connectivity index (χ4n) is 2.31. The molecule has 2 aromatic rings. The number of benzene rings is 1. The number of hydrogen-bond acceptors (Lipinski definition) is 6. The van der Waals surface area contributed by atoms with Crippen molar-refractivity contribution < 1.29 is 23.8 Å². The van der Waals surface area contributed by atoms with Crippen molar-refractivity contribution in [1.29, 1.82) is 0 Å². The van der Waals surface area contributed by atoms with Crippen LogP contribution < -0.4 is 10.1 Å². The van der Waals surface area contributed by atoms with Crippen LogP contribution in [0.2, 0.25) is 0 Å². The van der Waals surface area contributed by atoms with Gasteiger partial charge in [0.25, 0.3) is 5.79 Å². The number of H-pyrrole nitrogens is 1. The van der Waals surface area contributed by atoms with Gasteiger partial charge in [0, 0.05) is 43.8 Å². The molecule has 2 N–H and O–H groups in total. The van der Waals surface area contributed by atoms with Crippen LogP contribution in [-0.4, -0.2) is 29.8 Å². The first-order chi connectivity index (χ1) is 10.9. The molecule has 0 atom stereocenters. The minimum Gasteiger partial charge on any atom is -0.497 e. The summed E-state index contributed by atoms with van der Waals surface area (Å²) in [5.41, 5.74) is 1.34. The van der Waals surface area contributed by atoms with Crippen LogP contribution in [0, 0.1) is 0 Å². The van der Waals surface area contributed by atoms with Gasteiger partial charge in [-0.25, -0.2) is 9.59 Å². The highest BCUT2D eigenvalue weighted by Crippen LogP contribution is 2.29. The standard InChI is InChI=1S/C16H16N2O5/c1-16(2)22-14(19)11(15(20)23-16)8-18-13-7-9(21-3)6-12-10(13)4-5-17-12/h4-8,17-18H,1-3H3. The van der Waals surface area contributed by atoms with E-state index in [2.05, 4.69) is 10.3 Å². The van der Waals surface area contributed by atoms with Crippen molar-refractivity contribution >= 4 is 28.5 Å². The second-order valence-corrected chi connectivity index (χ2v) is 5.50. The molecule has 0 bridgehead atoms. The number of aromatic nitrogens is 1. The van der Waals surface area contributed by atoms with Crippen LogP contribution in [0.1, 0.15) is 13.8 Å². The second kappa shape index (κ2) is 5.35. The molecule has 23 heavy (non-hydrogen) atoms. The van der Waals surface area contributed by atoms with E-state index in [4.69, 9.17) is 14.2 Å². The Morgan fingerprint density at radius 3 is 2.57 bits per heavy atom. The highest BCUT2D eigenvalue weighted by Gasteiger charge is 2.38. The van der Waals surface area contributed by atoms with Gasteiger partial charge in [0.2, 0.25) is 0 Å². The van der Waals surface area contributed by atoms with Crippen LogP contribution in [-0.2, 0) is 19.1 Å². The van der Waals surface area contributed by atoms with Crippen molar-refractivity contribution in [3.8, 4) is 5.75 Å². The molecule has 7 heteroatoms. The molecule has 2 heterocycles. The first-order valence-electron chi connectivity index (χ1n) is 6.98. The van der Waals surface area contributed by atoms with E-state index < -0.39 is 17.7 Å². The average Bonchev–Trinajstić information content (AvgIpc) is 2.93. The van der Waals surface area contributed by atoms with E-state index in [9.17, 15) is 9.59 Å². The largest absolute Gasteiger partial charge is 0.497 e. The lowest BCUT2D eigenvalue weighted by Gasteiger charge is -2.29. The van der Waals surface area contributed by atoms with Gasteiger partial charge in [0.15, 0.2) is 5.57 Å². The normalized spacial score (nSPS) is 16.7. The predicted octanol–water partition coefficient (Wildman–Crippen LogP) is 2.31. The molecule has 0 amide bonds. The summed E-state index contributed by atoms with van der Waals surface area (Å²) >= 11 is 0. The first kappa shape index (κ1) is 15.0. The molecule has 0 spiro atoms. The lowest BCUT2D eigenvalue weighted by atomic mass is 10.2. The number of carbonyl (C=O) groups excluding carboxylic acids is 2. The summed E-state index contributed by atoms with van der Waals surface area (Å²) in [6.07, 6.45) is 3.06. The summed E-state index contributed by atoms with van der Waals surface area (Å²) in [4.78, 5) is 26.9. The Bertz CT molecular complexity index is 797. The molecule has 0 unspecified atom stereocenters. The van der Waals surface area contributed by atoms with Crippen LogP contribution in [0.3, 0.4) is 0 Å². The minimum atomic E-state index is -1.25. The van der Waals surface area contributed by atoms with Gasteiger partial charge in [0.05, 0.1) is 18.3 Å². The number of fused-ring (bicyclic) bond motifs is 1. The van der Waals surface area contributed by atoms with Crippen LogP contribution in [0.4, 0.5) is 5.69 Å². The summed E-state index contributed by atoms with van der Waals surface area (Å²) in [7, 11) is 1.56. The molecule has 0 saturated carbocycles. The molecule has 0 aliphatic carbocycles. The maximum absolute atomic E-state index is 11.9. The van der Waals surface area contributed by atoms with Gasteiger partial charge in [-0.05, 0) is 6.07 Å². The minimum absolute atomic E-state index is 0.198. The van der Waals surface area contributed by atoms with Gasteiger partial charge in [-0.2, -0.15) is 0 Å². The van der Waals surface area contributed by atoms with Crippen molar-refractivity contribution in [3.63, 3.8) is 0 Å². The highest BCUT2D eigenvalue weighted by molar-refractivity contribution is 6.15. The fourth-order valence-corrected chi connectivity index (χ4v) is 2.31. The molecule has 1 aliphatic rings. The highest BCUT2D eigenvalue weighted by atomic mass is 16.7. The zero-order chi connectivity index (χ0) is 16.6. The van der Waals surface area contributed by atoms with E-state index >= 15 is 0 Å². The molecule has 7 nitrogen and oxygen atoms in total. The summed E-state index contributed by atoms with van der Waals surface area (Å²) in [6.45, 7) is 3.00. The third-order valence-corrected chi connectivity index (χ3v) is 3.37. The van der Waals surface area contributed by atoms with Gasteiger partial charge >= 0.3 is 11.9 Å². The van der Waals surface area contributed by atoms with E-state index in [1.54, 1.807) is 19.4 Å². The van der Waals surface area contributed by atoms with E-state index in [-0.39, 0.29) is 5.57 Å². The van der Waals surface area contributed by atoms with E-state index in [0.717, 1.165) is 10.9 Å². The monoisotopic (exact) mass is 316 g/mol. The number of cyclic esters (lactones) is 2. The molecule has 1 fully saturated rings. The molecule has 120 valence electrons. The molecule has 0 radical (unpaired) electrons. The Morgan fingerprint density at radius 1 is 1.22 bits per heavy atom. The smallest absolute Gasteiger partial charge is 0.350 e. The third kappa shape index (κ3) is 2.85. The summed E-state index contributed by atoms with van der Waals surface area (Å²) in [6, 6.07) is 5.48. The molecule has 1 saturated heterocycles. The number of carbonyl (C=O) groups is 2. The van der Waals surface area contributed by atoms with Crippen LogP contribution >= 0.6 is 0 Å². The van der Waals surface area contributed by atoms with E-state index in [1.807, 2.05) is 12.1 Å². The molecular weight excluding hydrogens is 300 g/mol. The first-order valence-corrected chi connectivity index (χ1v) is 6.98. The number of nitrogens with one attached hydrogen (secondary N) is 2. The lowest BCUT2D eigenvalue weighted by molar-refractivity contribution is -0.222. The van der Waals surface area contributed by atoms with Crippen LogP contribution in [0.25, 0.3) is 10.9 Å². The Balaban J connectivity index is 1.92. The quantitative estimate of drug-likeness (QED) is 0.513. The Kier molecular flexibility index (Phi) is 3.48. The summed E-state index contributed by atoms with van der Waals surface area (Å²) in [5, 5.41) is 3.83. The van der Waals surface area contributed by atoms with Crippen molar-refractivity contribution in [2.75, 3.05) is 12.4 Å². The second-order valence-electron chi connectivity index (χ2n) is 5.50. The molecule has 1 aromatic heterocycles. The molecular formula is C16H16N2O5. The van der Waals surface area contributed by atoms with Crippen molar-refractivity contribution in [1.82, 2.24) is 4.98 Å². The number of rotatable bonds is 3. The van der Waals surface area contributed by atoms with Gasteiger partial charge in [-0.1, -0.05) is 0 Å². The Labute approximate surface area is 132 Å². The van der Waals surface area contributed by atoms with Crippen molar-refractivity contribution in [2.45, 2.75) is 19.6 Å². The number of ether oxygens (including phenoxy) is 3. The van der Waals surface area contributed by atoms with Gasteiger partial charge in [-0.15, -0.1) is 0 Å². The summed E-state index contributed by atoms with van der Waals surface area (Å²) in [5.74, 6) is -2.08. The zero-order valence-electron chi connectivity index (χ0n) is 12.9. The topological polar surface area (TPSA) is 89.7 Å². The summed E-state index contributed by atoms with van der Waals surface area (Å²) < 4.78 is 15.3.